The Hall–Kier alpha value is -1.59. The van der Waals surface area contributed by atoms with E-state index in [9.17, 15) is 14.4 Å². The first-order chi connectivity index (χ1) is 12.0. The summed E-state index contributed by atoms with van der Waals surface area (Å²) >= 11 is 0. The summed E-state index contributed by atoms with van der Waals surface area (Å²) in [6.45, 7) is 16.4. The van der Waals surface area contributed by atoms with E-state index in [1.165, 1.54) is 0 Å². The number of carbonyl (C=O) groups is 3. The number of rotatable bonds is 8. The molecule has 0 saturated carbocycles. The Bertz CT molecular complexity index is 506. The fourth-order valence-electron chi connectivity index (χ4n) is 2.43. The van der Waals surface area contributed by atoms with Gasteiger partial charge in [-0.25, -0.2) is 4.79 Å². The van der Waals surface area contributed by atoms with E-state index >= 15 is 0 Å². The Balaban J connectivity index is 4.55. The van der Waals surface area contributed by atoms with Gasteiger partial charge in [0.15, 0.2) is 5.78 Å². The summed E-state index contributed by atoms with van der Waals surface area (Å²) < 4.78 is 10.6. The molecule has 1 N–H and O–H groups in total. The Morgan fingerprint density at radius 2 is 1.30 bits per heavy atom. The summed E-state index contributed by atoms with van der Waals surface area (Å²) in [6.07, 6.45) is 2.49. The molecule has 0 rings (SSSR count). The molecule has 0 aromatic carbocycles. The molecule has 0 bridgehead atoms. The molecule has 0 aliphatic carbocycles. The first-order valence-electron chi connectivity index (χ1n) is 9.77. The van der Waals surface area contributed by atoms with Crippen molar-refractivity contribution in [3.63, 3.8) is 0 Å². The summed E-state index contributed by atoms with van der Waals surface area (Å²) in [5.74, 6) is -0.239. The lowest BCUT2D eigenvalue weighted by Gasteiger charge is -2.27. The van der Waals surface area contributed by atoms with E-state index in [1.807, 2.05) is 41.5 Å². The molecule has 0 fully saturated rings. The number of Topliss-reactive ketones (excluding diaryl/α,β-unsaturated/α-hetero) is 1. The molecule has 0 heterocycles. The fraction of sp³-hybridized carbons (Fsp3) is 0.857. The maximum absolute atomic E-state index is 12.7. The van der Waals surface area contributed by atoms with Crippen LogP contribution in [0.4, 0.5) is 4.79 Å². The number of amides is 1. The van der Waals surface area contributed by atoms with Gasteiger partial charge in [-0.15, -0.1) is 0 Å². The SMILES string of the molecule is CC(C)(C)OC(=O)CCCCC[C@H](NC(=O)OC(C)(C)C)C(=O)C(C)(C)C. The van der Waals surface area contributed by atoms with Crippen molar-refractivity contribution in [2.24, 2.45) is 5.41 Å². The number of nitrogens with one attached hydrogen (secondary N) is 1. The second kappa shape index (κ2) is 10.1. The monoisotopic (exact) mass is 385 g/mol. The maximum atomic E-state index is 12.7. The smallest absolute Gasteiger partial charge is 0.408 e. The summed E-state index contributed by atoms with van der Waals surface area (Å²) in [4.78, 5) is 36.4. The minimum atomic E-state index is -0.618. The summed E-state index contributed by atoms with van der Waals surface area (Å²) in [5, 5.41) is 2.71. The van der Waals surface area contributed by atoms with Crippen LogP contribution >= 0.6 is 0 Å². The summed E-state index contributed by atoms with van der Waals surface area (Å²) in [6, 6.07) is -0.596. The van der Waals surface area contributed by atoms with Crippen LogP contribution in [-0.2, 0) is 19.1 Å². The number of hydrogen-bond donors (Lipinski definition) is 1. The van der Waals surface area contributed by atoms with Crippen molar-refractivity contribution in [3.8, 4) is 0 Å². The quantitative estimate of drug-likeness (QED) is 0.480. The van der Waals surface area contributed by atoms with Crippen LogP contribution in [0.15, 0.2) is 0 Å². The standard InChI is InChI=1S/C21H39NO5/c1-19(2,3)17(24)15(22-18(25)27-21(7,8)9)13-11-10-12-14-16(23)26-20(4,5)6/h15H,10-14H2,1-9H3,(H,22,25)/t15-/m0/s1. The van der Waals surface area contributed by atoms with Crippen molar-refractivity contribution in [2.45, 2.75) is 112 Å². The van der Waals surface area contributed by atoms with Crippen molar-refractivity contribution in [2.75, 3.05) is 0 Å². The van der Waals surface area contributed by atoms with E-state index in [1.54, 1.807) is 20.8 Å². The van der Waals surface area contributed by atoms with Crippen LogP contribution < -0.4 is 5.32 Å². The molecule has 0 spiro atoms. The molecule has 6 heteroatoms. The number of hydrogen-bond acceptors (Lipinski definition) is 5. The minimum Gasteiger partial charge on any atom is -0.460 e. The number of ketones is 1. The highest BCUT2D eigenvalue weighted by molar-refractivity contribution is 5.91. The van der Waals surface area contributed by atoms with E-state index in [-0.39, 0.29) is 11.8 Å². The zero-order valence-corrected chi connectivity index (χ0v) is 18.7. The average molecular weight is 386 g/mol. The van der Waals surface area contributed by atoms with Gasteiger partial charge < -0.3 is 14.8 Å². The Morgan fingerprint density at radius 1 is 0.778 bits per heavy atom. The topological polar surface area (TPSA) is 81.7 Å². The van der Waals surface area contributed by atoms with Gasteiger partial charge in [0, 0.05) is 11.8 Å². The Morgan fingerprint density at radius 3 is 1.74 bits per heavy atom. The van der Waals surface area contributed by atoms with Gasteiger partial charge in [0.25, 0.3) is 0 Å². The van der Waals surface area contributed by atoms with E-state index in [0.29, 0.717) is 19.3 Å². The van der Waals surface area contributed by atoms with Crippen LogP contribution in [0.5, 0.6) is 0 Å². The van der Waals surface area contributed by atoms with Crippen LogP contribution in [-0.4, -0.2) is 35.1 Å². The molecule has 0 saturated heterocycles. The molecule has 0 aromatic rings. The highest BCUT2D eigenvalue weighted by atomic mass is 16.6. The third kappa shape index (κ3) is 13.3. The van der Waals surface area contributed by atoms with Crippen molar-refractivity contribution < 1.29 is 23.9 Å². The first-order valence-corrected chi connectivity index (χ1v) is 9.77. The van der Waals surface area contributed by atoms with E-state index in [4.69, 9.17) is 9.47 Å². The number of ether oxygens (including phenoxy) is 2. The highest BCUT2D eigenvalue weighted by Gasteiger charge is 2.31. The molecule has 0 radical (unpaired) electrons. The third-order valence-corrected chi connectivity index (χ3v) is 3.54. The zero-order chi connectivity index (χ0) is 21.5. The number of unbranched alkanes of at least 4 members (excludes halogenated alkanes) is 2. The second-order valence-electron chi connectivity index (χ2n) is 10.00. The zero-order valence-electron chi connectivity index (χ0n) is 18.7. The Labute approximate surface area is 164 Å². The lowest BCUT2D eigenvalue weighted by molar-refractivity contribution is -0.154. The van der Waals surface area contributed by atoms with Crippen molar-refractivity contribution >= 4 is 17.8 Å². The van der Waals surface area contributed by atoms with Gasteiger partial charge >= 0.3 is 12.1 Å². The normalized spacial score (nSPS) is 13.7. The van der Waals surface area contributed by atoms with Crippen LogP contribution in [0.1, 0.15) is 94.4 Å². The largest absolute Gasteiger partial charge is 0.460 e. The molecule has 0 aliphatic heterocycles. The van der Waals surface area contributed by atoms with E-state index < -0.39 is 28.8 Å². The Kier molecular flexibility index (Phi) is 9.50. The van der Waals surface area contributed by atoms with Gasteiger partial charge in [0.1, 0.15) is 11.2 Å². The third-order valence-electron chi connectivity index (χ3n) is 3.54. The molecular formula is C21H39NO5. The summed E-state index contributed by atoms with van der Waals surface area (Å²) in [5.41, 5.74) is -1.65. The molecule has 0 aliphatic rings. The van der Waals surface area contributed by atoms with Gasteiger partial charge in [-0.3, -0.25) is 9.59 Å². The van der Waals surface area contributed by atoms with Gasteiger partial charge in [0.05, 0.1) is 6.04 Å². The molecule has 6 nitrogen and oxygen atoms in total. The van der Waals surface area contributed by atoms with Crippen molar-refractivity contribution in [1.29, 1.82) is 0 Å². The van der Waals surface area contributed by atoms with Gasteiger partial charge in [-0.1, -0.05) is 33.6 Å². The maximum Gasteiger partial charge on any atom is 0.408 e. The van der Waals surface area contributed by atoms with E-state index in [0.717, 1.165) is 12.8 Å². The molecule has 0 aromatic heterocycles. The van der Waals surface area contributed by atoms with Crippen molar-refractivity contribution in [3.05, 3.63) is 0 Å². The van der Waals surface area contributed by atoms with Gasteiger partial charge in [-0.2, -0.15) is 0 Å². The highest BCUT2D eigenvalue weighted by Crippen LogP contribution is 2.21. The summed E-state index contributed by atoms with van der Waals surface area (Å²) in [7, 11) is 0. The van der Waals surface area contributed by atoms with E-state index in [2.05, 4.69) is 5.32 Å². The van der Waals surface area contributed by atoms with Gasteiger partial charge in [0.2, 0.25) is 0 Å². The fourth-order valence-corrected chi connectivity index (χ4v) is 2.43. The predicted molar refractivity (Wildman–Crippen MR) is 107 cm³/mol. The molecular weight excluding hydrogens is 346 g/mol. The second-order valence-corrected chi connectivity index (χ2v) is 10.00. The molecule has 1 amide bonds. The molecule has 1 atom stereocenters. The predicted octanol–water partition coefficient (Wildman–Crippen LogP) is 4.79. The van der Waals surface area contributed by atoms with Gasteiger partial charge in [-0.05, 0) is 54.4 Å². The van der Waals surface area contributed by atoms with Crippen LogP contribution in [0, 0.1) is 5.41 Å². The molecule has 27 heavy (non-hydrogen) atoms. The van der Waals surface area contributed by atoms with Crippen LogP contribution in [0.2, 0.25) is 0 Å². The average Bonchev–Trinajstić information content (AvgIpc) is 2.39. The lowest BCUT2D eigenvalue weighted by Crippen LogP contribution is -2.47. The lowest BCUT2D eigenvalue weighted by atomic mass is 9.84. The number of alkyl carbamates (subject to hydrolysis) is 1. The molecule has 158 valence electrons. The molecule has 0 unspecified atom stereocenters. The van der Waals surface area contributed by atoms with Crippen molar-refractivity contribution in [1.82, 2.24) is 5.32 Å². The minimum absolute atomic E-state index is 0.0273. The first kappa shape index (κ1) is 25.4. The number of esters is 1. The number of carbonyl (C=O) groups excluding carboxylic acids is 3. The van der Waals surface area contributed by atoms with Crippen LogP contribution in [0.25, 0.3) is 0 Å². The van der Waals surface area contributed by atoms with Crippen LogP contribution in [0.3, 0.4) is 0 Å².